The molecule has 0 spiro atoms. The molecule has 126 valence electrons. The van der Waals surface area contributed by atoms with Crippen LogP contribution in [0, 0.1) is 11.3 Å². The van der Waals surface area contributed by atoms with E-state index in [4.69, 9.17) is 0 Å². The van der Waals surface area contributed by atoms with Crippen molar-refractivity contribution in [1.82, 2.24) is 4.90 Å². The summed E-state index contributed by atoms with van der Waals surface area (Å²) in [6.07, 6.45) is 1.87. The fraction of sp³-hybridized carbons (Fsp3) is 0.350. The quantitative estimate of drug-likeness (QED) is 0.780. The maximum atomic E-state index is 10.3. The van der Waals surface area contributed by atoms with Gasteiger partial charge in [0.15, 0.2) is 0 Å². The van der Waals surface area contributed by atoms with E-state index in [1.807, 2.05) is 11.8 Å². The zero-order valence-corrected chi connectivity index (χ0v) is 15.8. The average Bonchev–Trinajstić information content (AvgIpc) is 2.71. The Morgan fingerprint density at radius 3 is 2.46 bits per heavy atom. The average molecular weight is 359 g/mol. The maximum absolute atomic E-state index is 10.3. The van der Waals surface area contributed by atoms with Gasteiger partial charge in [-0.3, -0.25) is 0 Å². The molecular formula is C20H23ClN2S. The summed E-state index contributed by atoms with van der Waals surface area (Å²) in [7, 11) is 4.17. The summed E-state index contributed by atoms with van der Waals surface area (Å²) in [5, 5.41) is 10.3. The van der Waals surface area contributed by atoms with E-state index in [2.05, 4.69) is 73.6 Å². The van der Waals surface area contributed by atoms with Crippen LogP contribution >= 0.6 is 24.2 Å². The van der Waals surface area contributed by atoms with Crippen molar-refractivity contribution in [1.29, 1.82) is 5.26 Å². The minimum Gasteiger partial charge on any atom is -0.309 e. The number of nitrogens with zero attached hydrogens (tertiary/aromatic N) is 2. The number of fused-ring (bicyclic) bond motifs is 2. The second-order valence-electron chi connectivity index (χ2n) is 6.37. The van der Waals surface area contributed by atoms with Crippen molar-refractivity contribution in [3.8, 4) is 6.07 Å². The Kier molecular flexibility index (Phi) is 6.34. The van der Waals surface area contributed by atoms with E-state index in [0.29, 0.717) is 0 Å². The first-order chi connectivity index (χ1) is 11.2. The van der Waals surface area contributed by atoms with E-state index < -0.39 is 5.41 Å². The number of hydrogen-bond donors (Lipinski definition) is 0. The first-order valence-electron chi connectivity index (χ1n) is 8.04. The van der Waals surface area contributed by atoms with Crippen molar-refractivity contribution < 1.29 is 0 Å². The van der Waals surface area contributed by atoms with Gasteiger partial charge in [0.25, 0.3) is 0 Å². The molecule has 1 heterocycles. The van der Waals surface area contributed by atoms with E-state index >= 15 is 0 Å². The highest BCUT2D eigenvalue weighted by Crippen LogP contribution is 2.46. The first kappa shape index (κ1) is 18.9. The van der Waals surface area contributed by atoms with Crippen molar-refractivity contribution in [2.75, 3.05) is 20.6 Å². The summed E-state index contributed by atoms with van der Waals surface area (Å²) in [6.45, 7) is 1.00. The van der Waals surface area contributed by atoms with Crippen LogP contribution in [0.5, 0.6) is 0 Å². The van der Waals surface area contributed by atoms with Gasteiger partial charge >= 0.3 is 0 Å². The van der Waals surface area contributed by atoms with Gasteiger partial charge in [-0.05, 0) is 56.2 Å². The number of rotatable bonds is 4. The van der Waals surface area contributed by atoms with Gasteiger partial charge in [0.1, 0.15) is 5.41 Å². The monoisotopic (exact) mass is 358 g/mol. The van der Waals surface area contributed by atoms with Gasteiger partial charge < -0.3 is 4.90 Å². The van der Waals surface area contributed by atoms with Crippen molar-refractivity contribution in [2.24, 2.45) is 0 Å². The van der Waals surface area contributed by atoms with Crippen molar-refractivity contribution in [3.05, 3.63) is 65.2 Å². The van der Waals surface area contributed by atoms with Crippen LogP contribution in [-0.2, 0) is 11.2 Å². The fourth-order valence-electron chi connectivity index (χ4n) is 3.41. The van der Waals surface area contributed by atoms with Crippen molar-refractivity contribution in [2.45, 2.75) is 28.9 Å². The number of halogens is 1. The topological polar surface area (TPSA) is 27.0 Å². The number of benzene rings is 2. The molecule has 1 unspecified atom stereocenters. The minimum absolute atomic E-state index is 0. The highest BCUT2D eigenvalue weighted by Gasteiger charge is 2.39. The van der Waals surface area contributed by atoms with Crippen LogP contribution in [0.25, 0.3) is 0 Å². The normalized spacial score (nSPS) is 18.8. The van der Waals surface area contributed by atoms with E-state index in [9.17, 15) is 5.26 Å². The molecule has 0 saturated heterocycles. The Morgan fingerprint density at radius 1 is 1.08 bits per heavy atom. The molecule has 4 heteroatoms. The minimum atomic E-state index is -0.535. The molecule has 1 atom stereocenters. The lowest BCUT2D eigenvalue weighted by Gasteiger charge is -2.30. The van der Waals surface area contributed by atoms with Gasteiger partial charge in [-0.15, -0.1) is 24.2 Å². The molecule has 2 aromatic carbocycles. The van der Waals surface area contributed by atoms with Crippen LogP contribution in [0.3, 0.4) is 0 Å². The molecule has 0 aliphatic carbocycles. The highest BCUT2D eigenvalue weighted by molar-refractivity contribution is 7.98. The Hall–Kier alpha value is -1.47. The Balaban J connectivity index is 0.00000208. The summed E-state index contributed by atoms with van der Waals surface area (Å²) < 4.78 is 0. The molecule has 0 aromatic heterocycles. The molecule has 0 amide bonds. The predicted octanol–water partition coefficient (Wildman–Crippen LogP) is 4.87. The Morgan fingerprint density at radius 2 is 1.75 bits per heavy atom. The Bertz CT molecular complexity index is 689. The fourth-order valence-corrected chi connectivity index (χ4v) is 4.55. The molecule has 0 radical (unpaired) electrons. The van der Waals surface area contributed by atoms with Gasteiger partial charge in [-0.25, -0.2) is 0 Å². The summed E-state index contributed by atoms with van der Waals surface area (Å²) in [6, 6.07) is 19.6. The zero-order valence-electron chi connectivity index (χ0n) is 14.2. The molecule has 0 fully saturated rings. The van der Waals surface area contributed by atoms with E-state index in [-0.39, 0.29) is 12.4 Å². The summed E-state index contributed by atoms with van der Waals surface area (Å²) in [5.41, 5.74) is 3.13. The Labute approximate surface area is 155 Å². The maximum Gasteiger partial charge on any atom is 0.109 e. The summed E-state index contributed by atoms with van der Waals surface area (Å²) in [4.78, 5) is 3.43. The van der Waals surface area contributed by atoms with Crippen molar-refractivity contribution in [3.63, 3.8) is 0 Å². The lowest BCUT2D eigenvalue weighted by Crippen LogP contribution is -2.28. The van der Waals surface area contributed by atoms with E-state index in [0.717, 1.165) is 25.1 Å². The summed E-state index contributed by atoms with van der Waals surface area (Å²) in [5.74, 6) is 0.935. The van der Waals surface area contributed by atoms with Crippen LogP contribution in [0.15, 0.2) is 53.4 Å². The van der Waals surface area contributed by atoms with Crippen LogP contribution in [0.2, 0.25) is 0 Å². The molecular weight excluding hydrogens is 336 g/mol. The highest BCUT2D eigenvalue weighted by atomic mass is 35.5. The second-order valence-corrected chi connectivity index (χ2v) is 7.38. The van der Waals surface area contributed by atoms with Gasteiger partial charge in [0.2, 0.25) is 0 Å². The standard InChI is InChI=1S/C20H22N2S.ClH/c1-22(2)13-7-12-20(15-21)17-9-4-3-8-16(17)14-23-19-11-6-5-10-18(19)20;/h3-6,8-11H,7,12-14H2,1-2H3;1H. The van der Waals surface area contributed by atoms with Crippen LogP contribution in [0.1, 0.15) is 29.5 Å². The lowest BCUT2D eigenvalue weighted by molar-refractivity contribution is 0.378. The third kappa shape index (κ3) is 3.47. The molecule has 2 nitrogen and oxygen atoms in total. The molecule has 0 bridgehead atoms. The van der Waals surface area contributed by atoms with Crippen LogP contribution < -0.4 is 0 Å². The van der Waals surface area contributed by atoms with Crippen molar-refractivity contribution >= 4 is 24.2 Å². The molecule has 24 heavy (non-hydrogen) atoms. The number of hydrogen-bond acceptors (Lipinski definition) is 3. The molecule has 3 rings (SSSR count). The van der Waals surface area contributed by atoms with Gasteiger partial charge in [0.05, 0.1) is 6.07 Å². The largest absolute Gasteiger partial charge is 0.309 e. The first-order valence-corrected chi connectivity index (χ1v) is 9.02. The second kappa shape index (κ2) is 8.07. The smallest absolute Gasteiger partial charge is 0.109 e. The lowest BCUT2D eigenvalue weighted by atomic mass is 9.71. The number of nitriles is 1. The van der Waals surface area contributed by atoms with Gasteiger partial charge in [-0.2, -0.15) is 5.26 Å². The van der Waals surface area contributed by atoms with E-state index in [1.165, 1.54) is 21.6 Å². The number of thioether (sulfide) groups is 1. The van der Waals surface area contributed by atoms with Gasteiger partial charge in [-0.1, -0.05) is 42.5 Å². The van der Waals surface area contributed by atoms with Crippen LogP contribution in [-0.4, -0.2) is 25.5 Å². The van der Waals surface area contributed by atoms with Crippen LogP contribution in [0.4, 0.5) is 0 Å². The summed E-state index contributed by atoms with van der Waals surface area (Å²) >= 11 is 1.85. The van der Waals surface area contributed by atoms with E-state index in [1.54, 1.807) is 0 Å². The third-order valence-electron chi connectivity index (χ3n) is 4.56. The zero-order chi connectivity index (χ0) is 16.3. The molecule has 0 N–H and O–H groups in total. The predicted molar refractivity (Wildman–Crippen MR) is 104 cm³/mol. The third-order valence-corrected chi connectivity index (χ3v) is 5.68. The SMILES string of the molecule is CN(C)CCCC1(C#N)c2ccccc2CSc2ccccc21.Cl. The molecule has 0 saturated carbocycles. The molecule has 2 aromatic rings. The molecule has 1 aliphatic rings. The molecule has 1 aliphatic heterocycles. The van der Waals surface area contributed by atoms with Gasteiger partial charge in [0, 0.05) is 10.6 Å².